The van der Waals surface area contributed by atoms with Crippen LogP contribution in [-0.4, -0.2) is 46.3 Å². The third kappa shape index (κ3) is 2.88. The molecule has 112 valence electrons. The Kier molecular flexibility index (Phi) is 4.37. The van der Waals surface area contributed by atoms with Crippen LogP contribution in [0.25, 0.3) is 10.4 Å². The molecule has 21 heavy (non-hydrogen) atoms. The molecule has 1 aliphatic heterocycles. The van der Waals surface area contributed by atoms with Gasteiger partial charge in [-0.2, -0.15) is 0 Å². The summed E-state index contributed by atoms with van der Waals surface area (Å²) >= 11 is 1.66. The molecule has 1 aliphatic rings. The van der Waals surface area contributed by atoms with E-state index >= 15 is 0 Å². The molecule has 0 bridgehead atoms. The van der Waals surface area contributed by atoms with Gasteiger partial charge in [-0.1, -0.05) is 30.3 Å². The van der Waals surface area contributed by atoms with Crippen molar-refractivity contribution in [2.24, 2.45) is 0 Å². The summed E-state index contributed by atoms with van der Waals surface area (Å²) in [4.78, 5) is 1.16. The van der Waals surface area contributed by atoms with E-state index in [9.17, 15) is 10.2 Å². The summed E-state index contributed by atoms with van der Waals surface area (Å²) in [5.41, 5.74) is 2.18. The molecular formula is C16H18O4S. The number of benzene rings is 1. The van der Waals surface area contributed by atoms with Gasteiger partial charge in [0, 0.05) is 11.3 Å². The summed E-state index contributed by atoms with van der Waals surface area (Å²) in [6, 6.07) is 12.0. The van der Waals surface area contributed by atoms with E-state index in [-0.39, 0.29) is 6.61 Å². The van der Waals surface area contributed by atoms with Crippen LogP contribution in [0.2, 0.25) is 0 Å². The number of ether oxygens (including phenoxy) is 1. The Morgan fingerprint density at radius 2 is 1.76 bits per heavy atom. The smallest absolute Gasteiger partial charge is 0.111 e. The van der Waals surface area contributed by atoms with E-state index in [1.54, 1.807) is 11.3 Å². The lowest BCUT2D eigenvalue weighted by Crippen LogP contribution is -2.34. The van der Waals surface area contributed by atoms with E-state index < -0.39 is 24.4 Å². The fraction of sp³-hybridized carbons (Fsp3) is 0.375. The van der Waals surface area contributed by atoms with E-state index in [1.165, 1.54) is 0 Å². The maximum Gasteiger partial charge on any atom is 0.111 e. The largest absolute Gasteiger partial charge is 0.394 e. The van der Waals surface area contributed by atoms with Gasteiger partial charge in [-0.25, -0.2) is 0 Å². The summed E-state index contributed by atoms with van der Waals surface area (Å²) in [5, 5.41) is 31.1. The quantitative estimate of drug-likeness (QED) is 0.799. The Hall–Kier alpha value is -1.24. The van der Waals surface area contributed by atoms with Gasteiger partial charge in [0.2, 0.25) is 0 Å². The van der Waals surface area contributed by atoms with Crippen molar-refractivity contribution in [1.82, 2.24) is 0 Å². The summed E-state index contributed by atoms with van der Waals surface area (Å²) in [6.45, 7) is -0.290. The van der Waals surface area contributed by atoms with Crippen LogP contribution in [0.4, 0.5) is 0 Å². The van der Waals surface area contributed by atoms with Crippen molar-refractivity contribution in [3.63, 3.8) is 0 Å². The molecule has 0 amide bonds. The van der Waals surface area contributed by atoms with Gasteiger partial charge in [0.05, 0.1) is 12.7 Å². The first-order valence-electron chi connectivity index (χ1n) is 6.95. The number of aliphatic hydroxyl groups is 3. The first-order chi connectivity index (χ1) is 10.2. The van der Waals surface area contributed by atoms with Crippen LogP contribution in [0, 0.1) is 0 Å². The van der Waals surface area contributed by atoms with Crippen LogP contribution in [0.1, 0.15) is 5.56 Å². The van der Waals surface area contributed by atoms with Gasteiger partial charge in [-0.05, 0) is 22.6 Å². The molecule has 3 rings (SSSR count). The molecule has 0 saturated carbocycles. The van der Waals surface area contributed by atoms with E-state index in [2.05, 4.69) is 6.07 Å². The highest BCUT2D eigenvalue weighted by Gasteiger charge is 2.42. The van der Waals surface area contributed by atoms with Crippen molar-refractivity contribution in [2.75, 3.05) is 6.61 Å². The molecule has 5 heteroatoms. The Morgan fingerprint density at radius 3 is 2.43 bits per heavy atom. The molecule has 1 fully saturated rings. The van der Waals surface area contributed by atoms with Gasteiger partial charge in [0.15, 0.2) is 0 Å². The zero-order valence-electron chi connectivity index (χ0n) is 11.4. The van der Waals surface area contributed by atoms with Crippen LogP contribution in [-0.2, 0) is 11.2 Å². The Labute approximate surface area is 127 Å². The van der Waals surface area contributed by atoms with Crippen molar-refractivity contribution < 1.29 is 20.1 Å². The van der Waals surface area contributed by atoms with E-state index in [4.69, 9.17) is 9.84 Å². The number of hydrogen-bond donors (Lipinski definition) is 3. The third-order valence-corrected chi connectivity index (χ3v) is 4.77. The number of thiophene rings is 1. The van der Waals surface area contributed by atoms with E-state index in [0.717, 1.165) is 16.0 Å². The third-order valence-electron chi connectivity index (χ3n) is 3.87. The van der Waals surface area contributed by atoms with Crippen LogP contribution >= 0.6 is 11.3 Å². The summed E-state index contributed by atoms with van der Waals surface area (Å²) in [7, 11) is 0. The second-order valence-electron chi connectivity index (χ2n) is 5.22. The molecule has 2 heterocycles. The van der Waals surface area contributed by atoms with E-state index in [1.807, 2.05) is 35.7 Å². The highest BCUT2D eigenvalue weighted by atomic mass is 32.1. The average molecular weight is 306 g/mol. The summed E-state index contributed by atoms with van der Waals surface area (Å²) in [6.07, 6.45) is -2.72. The lowest BCUT2D eigenvalue weighted by atomic mass is 9.97. The minimum Gasteiger partial charge on any atom is -0.394 e. The van der Waals surface area contributed by atoms with Crippen molar-refractivity contribution in [3.05, 3.63) is 47.3 Å². The Morgan fingerprint density at radius 1 is 1.00 bits per heavy atom. The fourth-order valence-electron chi connectivity index (χ4n) is 2.73. The van der Waals surface area contributed by atoms with E-state index in [0.29, 0.717) is 6.42 Å². The second-order valence-corrected chi connectivity index (χ2v) is 6.16. The second kappa shape index (κ2) is 6.25. The SMILES string of the molecule is OC[C@H]1O[C@@H](Cc2ccccc2-c2cccs2)[C@H](O)[C@@H]1O. The lowest BCUT2D eigenvalue weighted by Gasteiger charge is -2.16. The first-order valence-corrected chi connectivity index (χ1v) is 7.83. The van der Waals surface area contributed by atoms with Crippen molar-refractivity contribution >= 4 is 11.3 Å². The molecule has 3 N–H and O–H groups in total. The van der Waals surface area contributed by atoms with Crippen molar-refractivity contribution in [1.29, 1.82) is 0 Å². The van der Waals surface area contributed by atoms with Crippen LogP contribution in [0.3, 0.4) is 0 Å². The highest BCUT2D eigenvalue weighted by molar-refractivity contribution is 7.13. The molecule has 4 nitrogen and oxygen atoms in total. The molecule has 0 unspecified atom stereocenters. The molecule has 1 saturated heterocycles. The monoisotopic (exact) mass is 306 g/mol. The summed E-state index contributed by atoms with van der Waals surface area (Å²) in [5.74, 6) is 0. The van der Waals surface area contributed by atoms with Gasteiger partial charge in [0.25, 0.3) is 0 Å². The van der Waals surface area contributed by atoms with Crippen LogP contribution in [0.15, 0.2) is 41.8 Å². The fourth-order valence-corrected chi connectivity index (χ4v) is 3.52. The zero-order chi connectivity index (χ0) is 14.8. The summed E-state index contributed by atoms with van der Waals surface area (Å²) < 4.78 is 5.56. The molecule has 1 aromatic heterocycles. The van der Waals surface area contributed by atoms with Crippen molar-refractivity contribution in [2.45, 2.75) is 30.8 Å². The Bertz CT molecular complexity index is 584. The average Bonchev–Trinajstić information content (AvgIpc) is 3.12. The number of aliphatic hydroxyl groups excluding tert-OH is 3. The molecule has 4 atom stereocenters. The predicted molar refractivity (Wildman–Crippen MR) is 81.2 cm³/mol. The predicted octanol–water partition coefficient (Wildman–Crippen LogP) is 1.44. The Balaban J connectivity index is 1.83. The maximum absolute atomic E-state index is 10.1. The van der Waals surface area contributed by atoms with Gasteiger partial charge in [-0.15, -0.1) is 11.3 Å². The van der Waals surface area contributed by atoms with Gasteiger partial charge in [-0.3, -0.25) is 0 Å². The maximum atomic E-state index is 10.1. The number of rotatable bonds is 4. The van der Waals surface area contributed by atoms with Gasteiger partial charge >= 0.3 is 0 Å². The minimum atomic E-state index is -1.03. The molecule has 0 radical (unpaired) electrons. The highest BCUT2D eigenvalue weighted by Crippen LogP contribution is 2.31. The number of hydrogen-bond acceptors (Lipinski definition) is 5. The first kappa shape index (κ1) is 14.7. The standard InChI is InChI=1S/C16H18O4S/c17-9-13-16(19)15(18)12(20-13)8-10-4-1-2-5-11(10)14-6-3-7-21-14/h1-7,12-13,15-19H,8-9H2/t12-,13+,15-,16+/m0/s1. The van der Waals surface area contributed by atoms with Gasteiger partial charge in [0.1, 0.15) is 18.3 Å². The van der Waals surface area contributed by atoms with Crippen molar-refractivity contribution in [3.8, 4) is 10.4 Å². The minimum absolute atomic E-state index is 0.290. The molecule has 0 aliphatic carbocycles. The van der Waals surface area contributed by atoms with Crippen LogP contribution < -0.4 is 0 Å². The molecule has 0 spiro atoms. The van der Waals surface area contributed by atoms with Gasteiger partial charge < -0.3 is 20.1 Å². The lowest BCUT2D eigenvalue weighted by molar-refractivity contribution is -0.0215. The molecule has 2 aromatic rings. The zero-order valence-corrected chi connectivity index (χ0v) is 12.2. The molecular weight excluding hydrogens is 288 g/mol. The topological polar surface area (TPSA) is 69.9 Å². The van der Waals surface area contributed by atoms with Crippen LogP contribution in [0.5, 0.6) is 0 Å². The normalized spacial score (nSPS) is 28.9. The molecule has 1 aromatic carbocycles.